The summed E-state index contributed by atoms with van der Waals surface area (Å²) in [4.78, 5) is 77.0. The molecule has 1 spiro atoms. The summed E-state index contributed by atoms with van der Waals surface area (Å²) in [6.45, 7) is 4.79. The number of fused-ring (bicyclic) bond motifs is 1. The molecule has 3 fully saturated rings. The standard InChI is InChI=1S/C30H32N4O12/c1-13-7-6-8-17-18(13)9-16(43-5)10-19(17)25(39)31-12-29(4)23(38)27(40)45-30(46-29)24(22(37)20-11-34(20)15(3)36)44-26(32-28(30)41)21(33-42)14(2)35/h6-10,20,22-24,37-38H,11-12H2,1-5H3,(H,31,39)(H,32,41). The summed E-state index contributed by atoms with van der Waals surface area (Å²) in [6, 6.07) is 7.74. The number of rotatable bonds is 8. The fraction of sp³-hybridized carbons (Fsp3) is 0.433. The van der Waals surface area contributed by atoms with Crippen LogP contribution in [0.25, 0.3) is 10.8 Å². The molecule has 16 heteroatoms. The number of hydrogen-bond acceptors (Lipinski definition) is 13. The number of aliphatic hydroxyl groups is 2. The van der Waals surface area contributed by atoms with Crippen molar-refractivity contribution in [2.75, 3.05) is 20.2 Å². The molecule has 2 aromatic carbocycles. The van der Waals surface area contributed by atoms with E-state index in [9.17, 15) is 39.1 Å². The Morgan fingerprint density at radius 1 is 1.22 bits per heavy atom. The number of aryl methyl sites for hydroxylation is 1. The molecule has 6 unspecified atom stereocenters. The molecule has 3 aliphatic heterocycles. The maximum Gasteiger partial charge on any atom is 0.341 e. The van der Waals surface area contributed by atoms with Crippen molar-refractivity contribution in [3.8, 4) is 5.75 Å². The number of ether oxygens (including phenoxy) is 4. The van der Waals surface area contributed by atoms with Crippen LogP contribution < -0.4 is 15.4 Å². The summed E-state index contributed by atoms with van der Waals surface area (Å²) in [5.41, 5.74) is -1.82. The molecular formula is C30H32N4O12. The quantitative estimate of drug-likeness (QED) is 0.129. The largest absolute Gasteiger partial charge is 0.497 e. The van der Waals surface area contributed by atoms with Crippen molar-refractivity contribution in [1.82, 2.24) is 15.5 Å². The average Bonchev–Trinajstić information content (AvgIpc) is 3.82. The fourth-order valence-electron chi connectivity index (χ4n) is 5.63. The molecule has 3 heterocycles. The van der Waals surface area contributed by atoms with E-state index in [0.29, 0.717) is 11.1 Å². The number of Topliss-reactive ketones (excluding diaryl/α,β-unsaturated/α-hetero) is 1. The second kappa shape index (κ2) is 11.8. The third-order valence-corrected chi connectivity index (χ3v) is 8.27. The Morgan fingerprint density at radius 2 is 1.93 bits per heavy atom. The number of benzene rings is 2. The van der Waals surface area contributed by atoms with E-state index in [2.05, 4.69) is 15.8 Å². The Kier molecular flexibility index (Phi) is 8.31. The predicted molar refractivity (Wildman–Crippen MR) is 156 cm³/mol. The van der Waals surface area contributed by atoms with E-state index >= 15 is 0 Å². The summed E-state index contributed by atoms with van der Waals surface area (Å²) in [5.74, 6) is -7.76. The molecule has 5 rings (SSSR count). The number of hydrogen-bond donors (Lipinski definition) is 4. The van der Waals surface area contributed by atoms with Crippen LogP contribution >= 0.6 is 0 Å². The van der Waals surface area contributed by atoms with E-state index < -0.39 is 83.3 Å². The summed E-state index contributed by atoms with van der Waals surface area (Å²) in [6.07, 6.45) is -5.80. The summed E-state index contributed by atoms with van der Waals surface area (Å²) in [5, 5.41) is 30.9. The average molecular weight is 641 g/mol. The molecule has 6 atom stereocenters. The molecular weight excluding hydrogens is 608 g/mol. The zero-order chi connectivity index (χ0) is 33.7. The molecule has 0 aliphatic carbocycles. The summed E-state index contributed by atoms with van der Waals surface area (Å²) < 4.78 is 22.4. The number of methoxy groups -OCH3 is 1. The Morgan fingerprint density at radius 3 is 2.54 bits per heavy atom. The van der Waals surface area contributed by atoms with E-state index in [1.54, 1.807) is 18.2 Å². The minimum absolute atomic E-state index is 0.0382. The Bertz CT molecular complexity index is 1710. The third-order valence-electron chi connectivity index (χ3n) is 8.27. The number of nitrogens with one attached hydrogen (secondary N) is 2. The van der Waals surface area contributed by atoms with Crippen molar-refractivity contribution >= 4 is 40.2 Å². The van der Waals surface area contributed by atoms with E-state index in [0.717, 1.165) is 17.9 Å². The van der Waals surface area contributed by atoms with Gasteiger partial charge in [-0.05, 0) is 47.5 Å². The molecule has 0 bridgehead atoms. The highest BCUT2D eigenvalue weighted by molar-refractivity contribution is 6.08. The number of carbonyl (C=O) groups is 5. The molecule has 2 aromatic rings. The summed E-state index contributed by atoms with van der Waals surface area (Å²) in [7, 11) is 1.45. The minimum Gasteiger partial charge on any atom is -0.497 e. The van der Waals surface area contributed by atoms with Crippen LogP contribution in [-0.2, 0) is 33.4 Å². The number of ketones is 1. The van der Waals surface area contributed by atoms with Crippen LogP contribution in [0.5, 0.6) is 5.75 Å². The van der Waals surface area contributed by atoms with Crippen molar-refractivity contribution in [2.45, 2.75) is 63.4 Å². The van der Waals surface area contributed by atoms with Gasteiger partial charge in [-0.3, -0.25) is 24.5 Å². The first-order chi connectivity index (χ1) is 21.7. The van der Waals surface area contributed by atoms with Crippen molar-refractivity contribution in [2.24, 2.45) is 5.18 Å². The Balaban J connectivity index is 1.50. The van der Waals surface area contributed by atoms with Gasteiger partial charge < -0.3 is 39.4 Å². The van der Waals surface area contributed by atoms with Crippen molar-refractivity contribution < 1.29 is 53.1 Å². The SMILES string of the molecule is COc1cc(C(=O)NCC2(C)OC3(OC(=O)C2O)C(=O)NC(=C(N=O)C(C)=O)OC3C(O)C2CN2C(C)=O)c2cccc(C)c2c1. The molecule has 3 amide bonds. The normalized spacial score (nSPS) is 28.8. The van der Waals surface area contributed by atoms with Crippen LogP contribution in [0.4, 0.5) is 0 Å². The molecule has 4 N–H and O–H groups in total. The van der Waals surface area contributed by atoms with Crippen LogP contribution in [0.3, 0.4) is 0 Å². The van der Waals surface area contributed by atoms with Crippen LogP contribution in [0.1, 0.15) is 36.7 Å². The van der Waals surface area contributed by atoms with Gasteiger partial charge in [0.25, 0.3) is 5.91 Å². The minimum atomic E-state index is -2.83. The second-order valence-corrected chi connectivity index (χ2v) is 11.5. The number of allylic oxidation sites excluding steroid dienone is 1. The highest BCUT2D eigenvalue weighted by Crippen LogP contribution is 2.42. The number of amides is 3. The first-order valence-corrected chi connectivity index (χ1v) is 14.2. The number of nitroso groups, excluding NO2 is 1. The maximum atomic E-state index is 13.7. The lowest BCUT2D eigenvalue weighted by Gasteiger charge is -2.51. The predicted octanol–water partition coefficient (Wildman–Crippen LogP) is -0.0930. The zero-order valence-corrected chi connectivity index (χ0v) is 25.5. The van der Waals surface area contributed by atoms with E-state index in [1.165, 1.54) is 31.9 Å². The molecule has 3 aliphatic rings. The molecule has 3 saturated heterocycles. The van der Waals surface area contributed by atoms with Crippen LogP contribution in [0.2, 0.25) is 0 Å². The van der Waals surface area contributed by atoms with Gasteiger partial charge in [0.2, 0.25) is 23.6 Å². The van der Waals surface area contributed by atoms with Crippen molar-refractivity contribution in [3.05, 3.63) is 57.9 Å². The summed E-state index contributed by atoms with van der Waals surface area (Å²) >= 11 is 0. The van der Waals surface area contributed by atoms with Gasteiger partial charge in [0, 0.05) is 26.9 Å². The highest BCUT2D eigenvalue weighted by Gasteiger charge is 2.69. The lowest BCUT2D eigenvalue weighted by atomic mass is 9.91. The van der Waals surface area contributed by atoms with Gasteiger partial charge >= 0.3 is 17.7 Å². The smallest absolute Gasteiger partial charge is 0.341 e. The van der Waals surface area contributed by atoms with Gasteiger partial charge in [-0.15, -0.1) is 4.91 Å². The van der Waals surface area contributed by atoms with E-state index in [-0.39, 0.29) is 12.1 Å². The third kappa shape index (κ3) is 5.44. The van der Waals surface area contributed by atoms with Crippen molar-refractivity contribution in [1.29, 1.82) is 0 Å². The van der Waals surface area contributed by atoms with Gasteiger partial charge in [0.1, 0.15) is 17.5 Å². The molecule has 0 aromatic heterocycles. The zero-order valence-electron chi connectivity index (χ0n) is 25.5. The maximum absolute atomic E-state index is 13.7. The van der Waals surface area contributed by atoms with Gasteiger partial charge in [0.15, 0.2) is 11.9 Å². The first-order valence-electron chi connectivity index (χ1n) is 14.2. The fourth-order valence-corrected chi connectivity index (χ4v) is 5.63. The van der Waals surface area contributed by atoms with E-state index in [1.807, 2.05) is 13.0 Å². The molecule has 0 saturated carbocycles. The topological polar surface area (TPSA) is 219 Å². The molecule has 46 heavy (non-hydrogen) atoms. The monoisotopic (exact) mass is 640 g/mol. The Labute approximate surface area is 261 Å². The lowest BCUT2D eigenvalue weighted by molar-refractivity contribution is -0.348. The molecule has 0 radical (unpaired) electrons. The number of aliphatic hydroxyl groups excluding tert-OH is 2. The van der Waals surface area contributed by atoms with Gasteiger partial charge in [-0.1, -0.05) is 18.2 Å². The number of nitrogens with zero attached hydrogens (tertiary/aromatic N) is 2. The Hall–Kier alpha value is -4.93. The van der Waals surface area contributed by atoms with Crippen LogP contribution in [-0.4, -0.2) is 101 Å². The lowest BCUT2D eigenvalue weighted by Crippen LogP contribution is -2.75. The van der Waals surface area contributed by atoms with Crippen LogP contribution in [0.15, 0.2) is 47.1 Å². The van der Waals surface area contributed by atoms with Gasteiger partial charge in [-0.25, -0.2) is 4.79 Å². The second-order valence-electron chi connectivity index (χ2n) is 11.5. The van der Waals surface area contributed by atoms with Crippen LogP contribution in [0, 0.1) is 11.8 Å². The van der Waals surface area contributed by atoms with E-state index in [4.69, 9.17) is 18.9 Å². The number of esters is 1. The van der Waals surface area contributed by atoms with Crippen molar-refractivity contribution in [3.63, 3.8) is 0 Å². The first kappa shape index (κ1) is 32.5. The number of carbonyl (C=O) groups excluding carboxylic acids is 5. The molecule has 244 valence electrons. The molecule has 16 nitrogen and oxygen atoms in total. The van der Waals surface area contributed by atoms with Gasteiger partial charge in [-0.2, -0.15) is 0 Å². The van der Waals surface area contributed by atoms with Gasteiger partial charge in [0.05, 0.1) is 18.7 Å². The highest BCUT2D eigenvalue weighted by atomic mass is 16.8.